The molecule has 0 bridgehead atoms. The fourth-order valence-electron chi connectivity index (χ4n) is 2.92. The molecule has 8 heteroatoms. The largest absolute Gasteiger partial charge is 0.337 e. The fraction of sp³-hybridized carbons (Fsp3) is 0.278. The molecule has 0 radical (unpaired) electrons. The molecule has 1 saturated heterocycles. The lowest BCUT2D eigenvalue weighted by Crippen LogP contribution is -2.37. The van der Waals surface area contributed by atoms with Gasteiger partial charge < -0.3 is 4.90 Å². The Kier molecular flexibility index (Phi) is 5.74. The van der Waals surface area contributed by atoms with Gasteiger partial charge in [-0.15, -0.1) is 0 Å². The van der Waals surface area contributed by atoms with Crippen LogP contribution >= 0.6 is 15.9 Å². The minimum Gasteiger partial charge on any atom is -0.337 e. The van der Waals surface area contributed by atoms with Crippen molar-refractivity contribution in [1.29, 1.82) is 0 Å². The minimum absolute atomic E-state index is 0.0294. The zero-order valence-electron chi connectivity index (χ0n) is 13.9. The smallest absolute Gasteiger partial charge is 0.253 e. The lowest BCUT2D eigenvalue weighted by atomic mass is 10.2. The molecule has 1 amide bonds. The zero-order chi connectivity index (χ0) is 18.7. The van der Waals surface area contributed by atoms with E-state index < -0.39 is 15.8 Å². The molecule has 0 N–H and O–H groups in total. The third kappa shape index (κ3) is 3.97. The van der Waals surface area contributed by atoms with Crippen molar-refractivity contribution >= 4 is 31.9 Å². The van der Waals surface area contributed by atoms with Gasteiger partial charge in [0.2, 0.25) is 10.0 Å². The van der Waals surface area contributed by atoms with Crippen LogP contribution < -0.4 is 0 Å². The maximum Gasteiger partial charge on any atom is 0.253 e. The van der Waals surface area contributed by atoms with Crippen molar-refractivity contribution in [2.24, 2.45) is 0 Å². The van der Waals surface area contributed by atoms with Crippen LogP contribution in [0.15, 0.2) is 57.9 Å². The molecule has 0 unspecified atom stereocenters. The first-order valence-corrected chi connectivity index (χ1v) is 10.4. The van der Waals surface area contributed by atoms with E-state index in [4.69, 9.17) is 0 Å². The molecule has 1 heterocycles. The van der Waals surface area contributed by atoms with Crippen LogP contribution in [0.3, 0.4) is 0 Å². The highest BCUT2D eigenvalue weighted by Crippen LogP contribution is 2.26. The number of hydrogen-bond donors (Lipinski definition) is 0. The van der Waals surface area contributed by atoms with E-state index in [1.54, 1.807) is 29.2 Å². The van der Waals surface area contributed by atoms with Gasteiger partial charge in [-0.2, -0.15) is 4.31 Å². The first-order valence-electron chi connectivity index (χ1n) is 8.19. The number of nitrogens with zero attached hydrogens (tertiary/aromatic N) is 2. The molecular weight excluding hydrogens is 423 g/mol. The number of carbonyl (C=O) groups excluding carboxylic acids is 1. The van der Waals surface area contributed by atoms with Crippen LogP contribution in [-0.4, -0.2) is 49.7 Å². The Morgan fingerprint density at radius 3 is 2.42 bits per heavy atom. The predicted molar refractivity (Wildman–Crippen MR) is 99.8 cm³/mol. The van der Waals surface area contributed by atoms with Gasteiger partial charge in [-0.05, 0) is 52.7 Å². The molecule has 1 aliphatic rings. The van der Waals surface area contributed by atoms with E-state index in [-0.39, 0.29) is 21.8 Å². The Bertz CT molecular complexity index is 906. The first kappa shape index (κ1) is 19.0. The third-order valence-electron chi connectivity index (χ3n) is 4.27. The van der Waals surface area contributed by atoms with E-state index >= 15 is 0 Å². The summed E-state index contributed by atoms with van der Waals surface area (Å²) >= 11 is 3.12. The maximum atomic E-state index is 13.3. The van der Waals surface area contributed by atoms with Crippen molar-refractivity contribution < 1.29 is 17.6 Å². The Balaban J connectivity index is 1.77. The van der Waals surface area contributed by atoms with Gasteiger partial charge in [0.05, 0.1) is 4.90 Å². The van der Waals surface area contributed by atoms with E-state index in [1.165, 1.54) is 10.4 Å². The average Bonchev–Trinajstić information content (AvgIpc) is 2.88. The summed E-state index contributed by atoms with van der Waals surface area (Å²) in [5.74, 6) is -0.612. The molecule has 0 saturated carbocycles. The molecular formula is C18H18BrFN2O3S. The molecule has 5 nitrogen and oxygen atoms in total. The summed E-state index contributed by atoms with van der Waals surface area (Å²) in [6.07, 6.45) is 0.538. The highest BCUT2D eigenvalue weighted by molar-refractivity contribution is 9.10. The average molecular weight is 441 g/mol. The van der Waals surface area contributed by atoms with Crippen molar-refractivity contribution in [3.63, 3.8) is 0 Å². The first-order chi connectivity index (χ1) is 12.4. The van der Waals surface area contributed by atoms with Gasteiger partial charge >= 0.3 is 0 Å². The lowest BCUT2D eigenvalue weighted by molar-refractivity contribution is 0.0764. The molecule has 1 fully saturated rings. The summed E-state index contributed by atoms with van der Waals surface area (Å²) in [5.41, 5.74) is 0.588. The molecule has 0 spiro atoms. The second kappa shape index (κ2) is 7.85. The Hall–Kier alpha value is -1.77. The van der Waals surface area contributed by atoms with Crippen LogP contribution in [0.4, 0.5) is 4.39 Å². The van der Waals surface area contributed by atoms with Gasteiger partial charge in [0.25, 0.3) is 5.91 Å². The molecule has 3 rings (SSSR count). The number of benzene rings is 2. The molecule has 0 aromatic heterocycles. The fourth-order valence-corrected chi connectivity index (χ4v) is 5.40. The van der Waals surface area contributed by atoms with Crippen LogP contribution in [-0.2, 0) is 10.0 Å². The number of sulfonamides is 1. The number of hydrogen-bond acceptors (Lipinski definition) is 3. The van der Waals surface area contributed by atoms with E-state index in [2.05, 4.69) is 15.9 Å². The molecule has 1 aliphatic heterocycles. The minimum atomic E-state index is -3.76. The number of amides is 1. The molecule has 0 aliphatic carbocycles. The van der Waals surface area contributed by atoms with Crippen molar-refractivity contribution in [2.45, 2.75) is 11.3 Å². The molecule has 138 valence electrons. The third-order valence-corrected chi connectivity index (χ3v) is 7.15. The number of halogens is 2. The zero-order valence-corrected chi connectivity index (χ0v) is 16.3. The summed E-state index contributed by atoms with van der Waals surface area (Å²) in [6, 6.07) is 12.5. The van der Waals surface area contributed by atoms with Crippen molar-refractivity contribution in [3.8, 4) is 0 Å². The van der Waals surface area contributed by atoms with E-state index in [0.29, 0.717) is 31.6 Å². The normalized spacial score (nSPS) is 16.3. The van der Waals surface area contributed by atoms with E-state index in [1.807, 2.05) is 6.07 Å². The summed E-state index contributed by atoms with van der Waals surface area (Å²) in [5, 5.41) is 0. The number of rotatable bonds is 3. The molecule has 2 aromatic rings. The highest BCUT2D eigenvalue weighted by atomic mass is 79.9. The molecule has 2 aromatic carbocycles. The Labute approximate surface area is 160 Å². The van der Waals surface area contributed by atoms with E-state index in [0.717, 1.165) is 12.1 Å². The topological polar surface area (TPSA) is 57.7 Å². The summed E-state index contributed by atoms with van der Waals surface area (Å²) in [4.78, 5) is 14.3. The second-order valence-corrected chi connectivity index (χ2v) is 8.75. The quantitative estimate of drug-likeness (QED) is 0.736. The van der Waals surface area contributed by atoms with Crippen molar-refractivity contribution in [2.75, 3.05) is 26.2 Å². The van der Waals surface area contributed by atoms with Gasteiger partial charge in [0.15, 0.2) is 0 Å². The number of carbonyl (C=O) groups is 1. The van der Waals surface area contributed by atoms with Gasteiger partial charge in [-0.25, -0.2) is 12.8 Å². The van der Waals surface area contributed by atoms with Crippen LogP contribution in [0.2, 0.25) is 0 Å². The van der Waals surface area contributed by atoms with Gasteiger partial charge in [-0.3, -0.25) is 4.79 Å². The van der Waals surface area contributed by atoms with Crippen LogP contribution in [0.25, 0.3) is 0 Å². The van der Waals surface area contributed by atoms with Crippen molar-refractivity contribution in [1.82, 2.24) is 9.21 Å². The highest BCUT2D eigenvalue weighted by Gasteiger charge is 2.30. The summed E-state index contributed by atoms with van der Waals surface area (Å²) in [7, 11) is -3.76. The van der Waals surface area contributed by atoms with Crippen LogP contribution in [0, 0.1) is 5.82 Å². The van der Waals surface area contributed by atoms with Gasteiger partial charge in [0, 0.05) is 36.2 Å². The molecule has 0 atom stereocenters. The second-order valence-electron chi connectivity index (χ2n) is 5.99. The monoisotopic (exact) mass is 440 g/mol. The van der Waals surface area contributed by atoms with E-state index in [9.17, 15) is 17.6 Å². The predicted octanol–water partition coefficient (Wildman–Crippen LogP) is 3.13. The SMILES string of the molecule is O=C(c1ccccc1)N1CCCN(S(=O)(=O)c2ccc(F)cc2Br)CC1. The molecule has 26 heavy (non-hydrogen) atoms. The summed E-state index contributed by atoms with van der Waals surface area (Å²) < 4.78 is 40.6. The standard InChI is InChI=1S/C18H18BrFN2O3S/c19-16-13-15(20)7-8-17(16)26(24,25)22-10-4-9-21(11-12-22)18(23)14-5-2-1-3-6-14/h1-3,5-8,13H,4,9-12H2. The Morgan fingerprint density at radius 2 is 1.73 bits per heavy atom. The van der Waals surface area contributed by atoms with Gasteiger partial charge in [-0.1, -0.05) is 18.2 Å². The Morgan fingerprint density at radius 1 is 1.00 bits per heavy atom. The van der Waals surface area contributed by atoms with Gasteiger partial charge in [0.1, 0.15) is 5.82 Å². The van der Waals surface area contributed by atoms with Crippen molar-refractivity contribution in [3.05, 3.63) is 64.4 Å². The van der Waals surface area contributed by atoms with Crippen LogP contribution in [0.5, 0.6) is 0 Å². The maximum absolute atomic E-state index is 13.3. The lowest BCUT2D eigenvalue weighted by Gasteiger charge is -2.22. The van der Waals surface area contributed by atoms with Crippen LogP contribution in [0.1, 0.15) is 16.8 Å². The summed E-state index contributed by atoms with van der Waals surface area (Å²) in [6.45, 7) is 1.31.